The lowest BCUT2D eigenvalue weighted by Crippen LogP contribution is -2.32. The van der Waals surface area contributed by atoms with E-state index in [1.807, 2.05) is 32.0 Å². The lowest BCUT2D eigenvalue weighted by atomic mass is 10.2. The zero-order chi connectivity index (χ0) is 18.2. The fourth-order valence-electron chi connectivity index (χ4n) is 2.54. The van der Waals surface area contributed by atoms with Crippen molar-refractivity contribution in [2.75, 3.05) is 23.3 Å². The van der Waals surface area contributed by atoms with Crippen LogP contribution in [0.3, 0.4) is 0 Å². The highest BCUT2D eigenvalue weighted by atomic mass is 16.1. The van der Waals surface area contributed by atoms with Gasteiger partial charge in [-0.15, -0.1) is 0 Å². The second kappa shape index (κ2) is 9.06. The van der Waals surface area contributed by atoms with Crippen LogP contribution in [0.2, 0.25) is 0 Å². The quantitative estimate of drug-likeness (QED) is 0.756. The average molecular weight is 340 g/mol. The maximum atomic E-state index is 12.2. The molecule has 1 amide bonds. The Hall–Kier alpha value is -2.56. The summed E-state index contributed by atoms with van der Waals surface area (Å²) in [6.45, 7) is 10.3. The van der Waals surface area contributed by atoms with Gasteiger partial charge in [-0.3, -0.25) is 9.78 Å². The van der Waals surface area contributed by atoms with Gasteiger partial charge >= 0.3 is 0 Å². The Morgan fingerprint density at radius 2 is 1.76 bits per heavy atom. The van der Waals surface area contributed by atoms with Gasteiger partial charge in [0.15, 0.2) is 0 Å². The molecule has 25 heavy (non-hydrogen) atoms. The molecule has 134 valence electrons. The maximum absolute atomic E-state index is 12.2. The lowest BCUT2D eigenvalue weighted by Gasteiger charge is -2.21. The van der Waals surface area contributed by atoms with Crippen molar-refractivity contribution in [2.24, 2.45) is 0 Å². The molecule has 1 aromatic heterocycles. The van der Waals surface area contributed by atoms with Crippen LogP contribution >= 0.6 is 0 Å². The third-order valence-electron chi connectivity index (χ3n) is 4.27. The van der Waals surface area contributed by atoms with Crippen molar-refractivity contribution in [3.63, 3.8) is 0 Å². The number of rotatable bonds is 8. The van der Waals surface area contributed by atoms with Crippen LogP contribution in [-0.2, 0) is 0 Å². The van der Waals surface area contributed by atoms with Crippen molar-refractivity contribution in [1.29, 1.82) is 0 Å². The number of nitrogens with zero attached hydrogens (tertiary/aromatic N) is 2. The molecule has 0 fully saturated rings. The van der Waals surface area contributed by atoms with Crippen molar-refractivity contribution in [1.82, 2.24) is 10.3 Å². The van der Waals surface area contributed by atoms with Gasteiger partial charge in [-0.2, -0.15) is 0 Å². The Balaban J connectivity index is 2.08. The van der Waals surface area contributed by atoms with Crippen LogP contribution in [0.4, 0.5) is 17.1 Å². The monoisotopic (exact) mass is 340 g/mol. The number of nitrogens with one attached hydrogen (secondary N) is 2. The van der Waals surface area contributed by atoms with Gasteiger partial charge < -0.3 is 15.5 Å². The SMILES string of the molecule is CCC(C)NC(=O)c1cc(Nc2ccc(N(CC)CC)cc2)ccn1. The second-order valence-electron chi connectivity index (χ2n) is 6.06. The predicted octanol–water partition coefficient (Wildman–Crippen LogP) is 4.20. The molecule has 1 unspecified atom stereocenters. The van der Waals surface area contributed by atoms with E-state index in [2.05, 4.69) is 46.5 Å². The number of anilines is 3. The van der Waals surface area contributed by atoms with Gasteiger partial charge in [0, 0.05) is 42.4 Å². The zero-order valence-corrected chi connectivity index (χ0v) is 15.5. The summed E-state index contributed by atoms with van der Waals surface area (Å²) < 4.78 is 0. The van der Waals surface area contributed by atoms with E-state index in [9.17, 15) is 4.79 Å². The van der Waals surface area contributed by atoms with Gasteiger partial charge in [0.25, 0.3) is 5.91 Å². The van der Waals surface area contributed by atoms with Crippen molar-refractivity contribution in [3.8, 4) is 0 Å². The van der Waals surface area contributed by atoms with Crippen molar-refractivity contribution in [2.45, 2.75) is 40.2 Å². The van der Waals surface area contributed by atoms with E-state index in [0.717, 1.165) is 30.9 Å². The molecule has 1 heterocycles. The molecule has 0 bridgehead atoms. The van der Waals surface area contributed by atoms with E-state index in [1.54, 1.807) is 12.3 Å². The minimum atomic E-state index is -0.144. The molecule has 0 aliphatic carbocycles. The van der Waals surface area contributed by atoms with Crippen LogP contribution < -0.4 is 15.5 Å². The Morgan fingerprint density at radius 3 is 2.36 bits per heavy atom. The lowest BCUT2D eigenvalue weighted by molar-refractivity contribution is 0.0934. The van der Waals surface area contributed by atoms with Crippen LogP contribution in [0.15, 0.2) is 42.6 Å². The summed E-state index contributed by atoms with van der Waals surface area (Å²) in [5, 5.41) is 6.27. The fraction of sp³-hybridized carbons (Fsp3) is 0.400. The minimum Gasteiger partial charge on any atom is -0.372 e. The van der Waals surface area contributed by atoms with Crippen LogP contribution in [0, 0.1) is 0 Å². The summed E-state index contributed by atoms with van der Waals surface area (Å²) >= 11 is 0. The average Bonchev–Trinajstić information content (AvgIpc) is 2.64. The molecule has 1 aromatic carbocycles. The molecular weight excluding hydrogens is 312 g/mol. The second-order valence-corrected chi connectivity index (χ2v) is 6.06. The summed E-state index contributed by atoms with van der Waals surface area (Å²) in [5.74, 6) is -0.144. The van der Waals surface area contributed by atoms with E-state index in [-0.39, 0.29) is 11.9 Å². The normalized spacial score (nSPS) is 11.7. The summed E-state index contributed by atoms with van der Waals surface area (Å²) in [4.78, 5) is 18.7. The van der Waals surface area contributed by atoms with Gasteiger partial charge in [-0.25, -0.2) is 0 Å². The standard InChI is InChI=1S/C20H28N4O/c1-5-15(4)22-20(25)19-14-17(12-13-21-19)23-16-8-10-18(11-9-16)24(6-2)7-3/h8-15H,5-7H2,1-4H3,(H,21,23)(H,22,25). The van der Waals surface area contributed by atoms with E-state index < -0.39 is 0 Å². The van der Waals surface area contributed by atoms with Gasteiger partial charge in [0.2, 0.25) is 0 Å². The number of aromatic nitrogens is 1. The first-order valence-corrected chi connectivity index (χ1v) is 8.96. The molecule has 0 saturated heterocycles. The number of amides is 1. The molecule has 0 aliphatic heterocycles. The third kappa shape index (κ3) is 5.21. The molecule has 0 radical (unpaired) electrons. The fourth-order valence-corrected chi connectivity index (χ4v) is 2.54. The number of hydrogen-bond donors (Lipinski definition) is 2. The highest BCUT2D eigenvalue weighted by Gasteiger charge is 2.10. The molecular formula is C20H28N4O. The maximum Gasteiger partial charge on any atom is 0.270 e. The number of pyridine rings is 1. The summed E-state index contributed by atoms with van der Waals surface area (Å²) in [6, 6.07) is 12.1. The van der Waals surface area contributed by atoms with Crippen LogP contribution in [0.5, 0.6) is 0 Å². The van der Waals surface area contributed by atoms with Gasteiger partial charge in [0.1, 0.15) is 5.69 Å². The number of carbonyl (C=O) groups excluding carboxylic acids is 1. The molecule has 1 atom stereocenters. The minimum absolute atomic E-state index is 0.138. The Kier molecular flexibility index (Phi) is 6.81. The topological polar surface area (TPSA) is 57.3 Å². The Morgan fingerprint density at radius 1 is 1.08 bits per heavy atom. The van der Waals surface area contributed by atoms with Gasteiger partial charge in [-0.1, -0.05) is 6.92 Å². The van der Waals surface area contributed by atoms with E-state index >= 15 is 0 Å². The van der Waals surface area contributed by atoms with Crippen molar-refractivity contribution < 1.29 is 4.79 Å². The first-order valence-electron chi connectivity index (χ1n) is 8.96. The summed E-state index contributed by atoms with van der Waals surface area (Å²) in [5.41, 5.74) is 3.46. The molecule has 0 saturated carbocycles. The predicted molar refractivity (Wildman–Crippen MR) is 105 cm³/mol. The molecule has 2 aromatic rings. The van der Waals surface area contributed by atoms with E-state index in [1.165, 1.54) is 5.69 Å². The highest BCUT2D eigenvalue weighted by Crippen LogP contribution is 2.21. The summed E-state index contributed by atoms with van der Waals surface area (Å²) in [6.07, 6.45) is 2.54. The first kappa shape index (κ1) is 18.8. The van der Waals surface area contributed by atoms with Gasteiger partial charge in [0.05, 0.1) is 0 Å². The smallest absolute Gasteiger partial charge is 0.270 e. The van der Waals surface area contributed by atoms with E-state index in [4.69, 9.17) is 0 Å². The Bertz CT molecular complexity index is 680. The largest absolute Gasteiger partial charge is 0.372 e. The Labute approximate surface area is 150 Å². The zero-order valence-electron chi connectivity index (χ0n) is 15.5. The molecule has 0 spiro atoms. The van der Waals surface area contributed by atoms with Crippen LogP contribution in [-0.4, -0.2) is 30.0 Å². The molecule has 2 N–H and O–H groups in total. The molecule has 5 nitrogen and oxygen atoms in total. The van der Waals surface area contributed by atoms with Crippen LogP contribution in [0.25, 0.3) is 0 Å². The highest BCUT2D eigenvalue weighted by molar-refractivity contribution is 5.93. The van der Waals surface area contributed by atoms with E-state index in [0.29, 0.717) is 5.69 Å². The summed E-state index contributed by atoms with van der Waals surface area (Å²) in [7, 11) is 0. The molecule has 2 rings (SSSR count). The van der Waals surface area contributed by atoms with Crippen molar-refractivity contribution in [3.05, 3.63) is 48.3 Å². The number of carbonyl (C=O) groups is 1. The first-order chi connectivity index (χ1) is 12.1. The third-order valence-corrected chi connectivity index (χ3v) is 4.27. The number of benzene rings is 1. The number of hydrogen-bond acceptors (Lipinski definition) is 4. The van der Waals surface area contributed by atoms with Gasteiger partial charge in [-0.05, 0) is 63.6 Å². The molecule has 5 heteroatoms. The molecule has 0 aliphatic rings. The van der Waals surface area contributed by atoms with Crippen molar-refractivity contribution >= 4 is 23.0 Å². The van der Waals surface area contributed by atoms with Crippen LogP contribution in [0.1, 0.15) is 44.6 Å².